The number of hydrogen-bond donors (Lipinski definition) is 3. The van der Waals surface area contributed by atoms with Crippen LogP contribution in [0.1, 0.15) is 5.82 Å². The predicted octanol–water partition coefficient (Wildman–Crippen LogP) is 0.555. The van der Waals surface area contributed by atoms with E-state index in [0.717, 1.165) is 11.4 Å². The predicted molar refractivity (Wildman–Crippen MR) is 59.0 cm³/mol. The Morgan fingerprint density at radius 3 is 2.80 bits per heavy atom. The van der Waals surface area contributed by atoms with E-state index in [4.69, 9.17) is 11.5 Å². The van der Waals surface area contributed by atoms with Gasteiger partial charge in [-0.25, -0.2) is 4.98 Å². The molecule has 78 valence electrons. The maximum Gasteiger partial charge on any atom is 0.183 e. The average Bonchev–Trinajstić information content (AvgIpc) is 2.68. The highest BCUT2D eigenvalue weighted by Gasteiger charge is 2.07. The topological polar surface area (TPSA) is 93.6 Å². The van der Waals surface area contributed by atoms with Crippen LogP contribution in [-0.4, -0.2) is 21.7 Å². The fourth-order valence-electron chi connectivity index (χ4n) is 1.36. The van der Waals surface area contributed by atoms with E-state index in [2.05, 4.69) is 15.2 Å². The van der Waals surface area contributed by atoms with Gasteiger partial charge in [0.1, 0.15) is 5.82 Å². The summed E-state index contributed by atoms with van der Waals surface area (Å²) < 4.78 is 0. The summed E-state index contributed by atoms with van der Waals surface area (Å²) in [6.45, 7) is 0.554. The van der Waals surface area contributed by atoms with Gasteiger partial charge in [0.25, 0.3) is 0 Å². The molecule has 0 aliphatic rings. The number of nitrogens with zero attached hydrogens (tertiary/aromatic N) is 2. The lowest BCUT2D eigenvalue weighted by Crippen LogP contribution is -2.03. The first kappa shape index (κ1) is 9.67. The van der Waals surface area contributed by atoms with E-state index < -0.39 is 0 Å². The van der Waals surface area contributed by atoms with Gasteiger partial charge >= 0.3 is 0 Å². The second kappa shape index (κ2) is 4.10. The van der Waals surface area contributed by atoms with Crippen molar-refractivity contribution in [3.8, 4) is 11.4 Å². The summed E-state index contributed by atoms with van der Waals surface area (Å²) in [6, 6.07) is 7.51. The summed E-state index contributed by atoms with van der Waals surface area (Å²) in [5, 5.41) is 6.93. The van der Waals surface area contributed by atoms with Gasteiger partial charge in [0, 0.05) is 17.7 Å². The van der Waals surface area contributed by atoms with E-state index >= 15 is 0 Å². The molecule has 0 saturated carbocycles. The smallest absolute Gasteiger partial charge is 0.183 e. The molecule has 0 aliphatic heterocycles. The molecule has 0 atom stereocenters. The molecule has 5 heteroatoms. The van der Waals surface area contributed by atoms with Gasteiger partial charge in [-0.1, -0.05) is 12.1 Å². The number of para-hydroxylation sites is 1. The van der Waals surface area contributed by atoms with Crippen LogP contribution in [0.15, 0.2) is 24.3 Å². The first-order valence-electron chi connectivity index (χ1n) is 4.77. The maximum absolute atomic E-state index is 5.82. The Labute approximate surface area is 87.5 Å². The number of nitrogens with two attached hydrogens (primary N) is 2. The van der Waals surface area contributed by atoms with Crippen molar-refractivity contribution in [3.63, 3.8) is 0 Å². The second-order valence-electron chi connectivity index (χ2n) is 3.23. The van der Waals surface area contributed by atoms with Crippen molar-refractivity contribution in [3.05, 3.63) is 30.1 Å². The Morgan fingerprint density at radius 2 is 2.07 bits per heavy atom. The zero-order valence-electron chi connectivity index (χ0n) is 8.27. The lowest BCUT2D eigenvalue weighted by atomic mass is 10.2. The van der Waals surface area contributed by atoms with Crippen LogP contribution < -0.4 is 11.5 Å². The molecule has 1 aromatic heterocycles. The molecular weight excluding hydrogens is 190 g/mol. The fraction of sp³-hybridized carbons (Fsp3) is 0.200. The van der Waals surface area contributed by atoms with E-state index in [-0.39, 0.29) is 0 Å². The van der Waals surface area contributed by atoms with Gasteiger partial charge in [0.15, 0.2) is 5.82 Å². The summed E-state index contributed by atoms with van der Waals surface area (Å²) >= 11 is 0. The van der Waals surface area contributed by atoms with E-state index in [9.17, 15) is 0 Å². The third-order valence-corrected chi connectivity index (χ3v) is 2.11. The van der Waals surface area contributed by atoms with E-state index in [1.807, 2.05) is 24.3 Å². The largest absolute Gasteiger partial charge is 0.398 e. The van der Waals surface area contributed by atoms with Crippen molar-refractivity contribution in [2.75, 3.05) is 12.3 Å². The Balaban J connectivity index is 2.33. The number of benzene rings is 1. The van der Waals surface area contributed by atoms with E-state index in [0.29, 0.717) is 24.5 Å². The second-order valence-corrected chi connectivity index (χ2v) is 3.23. The van der Waals surface area contributed by atoms with Crippen LogP contribution in [0.25, 0.3) is 11.4 Å². The first-order chi connectivity index (χ1) is 7.31. The number of rotatable bonds is 3. The van der Waals surface area contributed by atoms with Crippen LogP contribution in [0, 0.1) is 0 Å². The number of nitrogens with one attached hydrogen (secondary N) is 1. The number of hydrogen-bond acceptors (Lipinski definition) is 4. The highest BCUT2D eigenvalue weighted by molar-refractivity contribution is 5.70. The molecule has 0 aliphatic carbocycles. The third kappa shape index (κ3) is 1.97. The minimum absolute atomic E-state index is 0.554. The molecule has 5 nitrogen and oxygen atoms in total. The van der Waals surface area contributed by atoms with Crippen LogP contribution in [0.5, 0.6) is 0 Å². The minimum atomic E-state index is 0.554. The summed E-state index contributed by atoms with van der Waals surface area (Å²) in [4.78, 5) is 4.30. The fourth-order valence-corrected chi connectivity index (χ4v) is 1.36. The Hall–Kier alpha value is -1.88. The maximum atomic E-state index is 5.82. The third-order valence-electron chi connectivity index (χ3n) is 2.11. The standard InChI is InChI=1S/C10H13N5/c11-6-5-9-13-10(15-14-9)7-3-1-2-4-8(7)12/h1-4H,5-6,11-12H2,(H,13,14,15). The molecule has 0 radical (unpaired) electrons. The van der Waals surface area contributed by atoms with Crippen molar-refractivity contribution in [2.24, 2.45) is 5.73 Å². The van der Waals surface area contributed by atoms with Crippen LogP contribution in [0.2, 0.25) is 0 Å². The van der Waals surface area contributed by atoms with Crippen LogP contribution in [0.3, 0.4) is 0 Å². The van der Waals surface area contributed by atoms with Gasteiger partial charge in [0.05, 0.1) is 0 Å². The van der Waals surface area contributed by atoms with Crippen molar-refractivity contribution < 1.29 is 0 Å². The molecule has 2 aromatic rings. The van der Waals surface area contributed by atoms with Crippen LogP contribution in [-0.2, 0) is 6.42 Å². The van der Waals surface area contributed by atoms with Gasteiger partial charge in [-0.3, -0.25) is 5.10 Å². The molecule has 1 heterocycles. The van der Waals surface area contributed by atoms with Crippen molar-refractivity contribution in [2.45, 2.75) is 6.42 Å². The Bertz CT molecular complexity index is 449. The van der Waals surface area contributed by atoms with Crippen molar-refractivity contribution in [1.82, 2.24) is 15.2 Å². The molecular formula is C10H13N5. The monoisotopic (exact) mass is 203 g/mol. The van der Waals surface area contributed by atoms with Gasteiger partial charge in [-0.05, 0) is 18.7 Å². The SMILES string of the molecule is NCCc1nc(-c2ccccc2N)n[nH]1. The molecule has 5 N–H and O–H groups in total. The molecule has 0 bridgehead atoms. The van der Waals surface area contributed by atoms with Gasteiger partial charge < -0.3 is 11.5 Å². The van der Waals surface area contributed by atoms with E-state index in [1.165, 1.54) is 0 Å². The number of aromatic nitrogens is 3. The highest BCUT2D eigenvalue weighted by atomic mass is 15.2. The Morgan fingerprint density at radius 1 is 1.27 bits per heavy atom. The molecule has 0 fully saturated rings. The summed E-state index contributed by atoms with van der Waals surface area (Å²) in [5.74, 6) is 1.41. The summed E-state index contributed by atoms with van der Waals surface area (Å²) in [5.41, 5.74) is 12.8. The van der Waals surface area contributed by atoms with E-state index in [1.54, 1.807) is 0 Å². The molecule has 0 saturated heterocycles. The molecule has 0 spiro atoms. The van der Waals surface area contributed by atoms with Gasteiger partial charge in [0.2, 0.25) is 0 Å². The van der Waals surface area contributed by atoms with Gasteiger partial charge in [-0.15, -0.1) is 0 Å². The lowest BCUT2D eigenvalue weighted by Gasteiger charge is -1.98. The molecule has 2 rings (SSSR count). The molecule has 15 heavy (non-hydrogen) atoms. The number of nitrogen functional groups attached to an aromatic ring is 1. The average molecular weight is 203 g/mol. The minimum Gasteiger partial charge on any atom is -0.398 e. The summed E-state index contributed by atoms with van der Waals surface area (Å²) in [7, 11) is 0. The Kier molecular flexibility index (Phi) is 2.64. The summed E-state index contributed by atoms with van der Waals surface area (Å²) in [6.07, 6.45) is 0.694. The van der Waals surface area contributed by atoms with Crippen molar-refractivity contribution in [1.29, 1.82) is 0 Å². The highest BCUT2D eigenvalue weighted by Crippen LogP contribution is 2.21. The molecule has 0 unspecified atom stereocenters. The van der Waals surface area contributed by atoms with Gasteiger partial charge in [-0.2, -0.15) is 5.10 Å². The van der Waals surface area contributed by atoms with Crippen LogP contribution in [0.4, 0.5) is 5.69 Å². The number of aromatic amines is 1. The zero-order valence-corrected chi connectivity index (χ0v) is 8.27. The quantitative estimate of drug-likeness (QED) is 0.635. The lowest BCUT2D eigenvalue weighted by molar-refractivity contribution is 0.874. The number of H-pyrrole nitrogens is 1. The first-order valence-corrected chi connectivity index (χ1v) is 4.77. The molecule has 1 aromatic carbocycles. The zero-order chi connectivity index (χ0) is 10.7. The normalized spacial score (nSPS) is 10.5. The number of anilines is 1. The molecule has 0 amide bonds. The van der Waals surface area contributed by atoms with Crippen molar-refractivity contribution >= 4 is 5.69 Å². The van der Waals surface area contributed by atoms with Crippen LogP contribution >= 0.6 is 0 Å².